The number of nitrogens with one attached hydrogen (secondary N) is 1. The minimum absolute atomic E-state index is 0.0170. The van der Waals surface area contributed by atoms with Crippen molar-refractivity contribution in [2.24, 2.45) is 5.73 Å². The van der Waals surface area contributed by atoms with E-state index in [0.717, 1.165) is 40.2 Å². The van der Waals surface area contributed by atoms with Crippen molar-refractivity contribution in [3.05, 3.63) is 113 Å². The highest BCUT2D eigenvalue weighted by Gasteiger charge is 2.24. The molecule has 3 aromatic carbocycles. The lowest BCUT2D eigenvalue weighted by atomic mass is 10.0. The first-order valence-corrected chi connectivity index (χ1v) is 15.0. The van der Waals surface area contributed by atoms with E-state index in [1.165, 1.54) is 6.07 Å². The molecule has 0 aliphatic rings. The number of benzene rings is 3. The summed E-state index contributed by atoms with van der Waals surface area (Å²) in [6, 6.07) is 22.7. The van der Waals surface area contributed by atoms with Crippen LogP contribution in [0.5, 0.6) is 0 Å². The number of carbonyl (C=O) groups excluding carboxylic acids is 1. The number of imidazole rings is 1. The van der Waals surface area contributed by atoms with Crippen molar-refractivity contribution in [3.8, 4) is 11.1 Å². The van der Waals surface area contributed by atoms with Crippen LogP contribution in [0.4, 0.5) is 0 Å². The van der Waals surface area contributed by atoms with Gasteiger partial charge in [-0.2, -0.15) is 0 Å². The van der Waals surface area contributed by atoms with E-state index in [1.54, 1.807) is 49.4 Å². The zero-order valence-corrected chi connectivity index (χ0v) is 24.4. The van der Waals surface area contributed by atoms with Crippen molar-refractivity contribution in [3.63, 3.8) is 0 Å². The van der Waals surface area contributed by atoms with Gasteiger partial charge in [0.1, 0.15) is 11.3 Å². The van der Waals surface area contributed by atoms with Crippen molar-refractivity contribution >= 4 is 27.1 Å². The van der Waals surface area contributed by atoms with Crippen LogP contribution in [0.15, 0.2) is 83.8 Å². The van der Waals surface area contributed by atoms with Crippen molar-refractivity contribution in [2.75, 3.05) is 0 Å². The summed E-state index contributed by atoms with van der Waals surface area (Å²) in [5.74, 6) is 0.240. The molecule has 0 fully saturated rings. The molecule has 0 radical (unpaired) electrons. The van der Waals surface area contributed by atoms with Crippen LogP contribution in [-0.4, -0.2) is 28.9 Å². The minimum Gasteiger partial charge on any atom is -0.324 e. The van der Waals surface area contributed by atoms with Crippen molar-refractivity contribution in [1.82, 2.24) is 19.3 Å². The number of aromatic nitrogens is 3. The third kappa shape index (κ3) is 5.64. The Morgan fingerprint density at radius 3 is 2.37 bits per heavy atom. The third-order valence-electron chi connectivity index (χ3n) is 7.12. The van der Waals surface area contributed by atoms with Crippen LogP contribution in [-0.2, 0) is 23.0 Å². The van der Waals surface area contributed by atoms with Crippen LogP contribution < -0.4 is 10.5 Å². The highest BCUT2D eigenvalue weighted by Crippen LogP contribution is 2.29. The van der Waals surface area contributed by atoms with E-state index in [9.17, 15) is 13.2 Å². The Morgan fingerprint density at radius 1 is 0.976 bits per heavy atom. The van der Waals surface area contributed by atoms with Crippen molar-refractivity contribution in [2.45, 2.75) is 51.6 Å². The summed E-state index contributed by atoms with van der Waals surface area (Å²) in [6.07, 6.45) is 0.776. The summed E-state index contributed by atoms with van der Waals surface area (Å²) in [7, 11) is -4.18. The van der Waals surface area contributed by atoms with Crippen LogP contribution in [0.25, 0.3) is 22.3 Å². The Bertz CT molecular complexity index is 1860. The van der Waals surface area contributed by atoms with Gasteiger partial charge in [0.15, 0.2) is 5.65 Å². The quantitative estimate of drug-likeness (QED) is 0.257. The second-order valence-corrected chi connectivity index (χ2v) is 11.9. The van der Waals surface area contributed by atoms with Gasteiger partial charge in [0.25, 0.3) is 15.9 Å². The van der Waals surface area contributed by atoms with E-state index in [0.29, 0.717) is 23.2 Å². The minimum atomic E-state index is -4.18. The molecular formula is C32H33N5O3S. The van der Waals surface area contributed by atoms with Gasteiger partial charge in [0.2, 0.25) is 0 Å². The first-order chi connectivity index (χ1) is 19.6. The molecule has 210 valence electrons. The summed E-state index contributed by atoms with van der Waals surface area (Å²) in [5.41, 5.74) is 12.9. The predicted molar refractivity (Wildman–Crippen MR) is 161 cm³/mol. The van der Waals surface area contributed by atoms with E-state index >= 15 is 0 Å². The van der Waals surface area contributed by atoms with E-state index < -0.39 is 22.0 Å². The number of nitrogens with two attached hydrogens (primary N) is 1. The molecule has 3 N–H and O–H groups in total. The first kappa shape index (κ1) is 28.2. The number of pyridine rings is 1. The molecule has 0 saturated heterocycles. The average Bonchev–Trinajstić information content (AvgIpc) is 3.30. The number of aryl methyl sites for hydroxylation is 3. The van der Waals surface area contributed by atoms with Crippen LogP contribution in [0.2, 0.25) is 0 Å². The Morgan fingerprint density at radius 2 is 1.66 bits per heavy atom. The number of carbonyl (C=O) groups is 1. The summed E-state index contributed by atoms with van der Waals surface area (Å²) in [5, 5.41) is 0. The lowest BCUT2D eigenvalue weighted by Crippen LogP contribution is -2.32. The number of hydrogen-bond acceptors (Lipinski definition) is 6. The highest BCUT2D eigenvalue weighted by molar-refractivity contribution is 7.90. The number of nitrogens with zero attached hydrogens (tertiary/aromatic N) is 3. The number of rotatable bonds is 8. The summed E-state index contributed by atoms with van der Waals surface area (Å²) >= 11 is 0. The number of hydrogen-bond donors (Lipinski definition) is 2. The molecule has 1 unspecified atom stereocenters. The van der Waals surface area contributed by atoms with Crippen LogP contribution in [0.3, 0.4) is 0 Å². The van der Waals surface area contributed by atoms with Gasteiger partial charge in [-0.05, 0) is 61.2 Å². The maximum atomic E-state index is 13.4. The zero-order chi connectivity index (χ0) is 29.3. The molecule has 1 amide bonds. The molecule has 5 rings (SSSR count). The van der Waals surface area contributed by atoms with Gasteiger partial charge in [-0.25, -0.2) is 23.1 Å². The van der Waals surface area contributed by atoms with Crippen LogP contribution in [0, 0.1) is 13.8 Å². The number of fused-ring (bicyclic) bond motifs is 1. The molecule has 2 heterocycles. The van der Waals surface area contributed by atoms with Crippen molar-refractivity contribution in [1.29, 1.82) is 0 Å². The molecule has 0 bridgehead atoms. The number of sulfonamides is 1. The topological polar surface area (TPSA) is 120 Å². The summed E-state index contributed by atoms with van der Waals surface area (Å²) in [6.45, 7) is 8.44. The lowest BCUT2D eigenvalue weighted by molar-refractivity contribution is 0.0980. The molecule has 2 aromatic heterocycles. The lowest BCUT2D eigenvalue weighted by Gasteiger charge is -2.15. The normalized spacial score (nSPS) is 12.4. The highest BCUT2D eigenvalue weighted by atomic mass is 32.2. The molecule has 0 spiro atoms. The Balaban J connectivity index is 1.44. The average molecular weight is 568 g/mol. The Kier molecular flexibility index (Phi) is 7.75. The standard InChI is InChI=1S/C32H33N5O3S/c1-5-29-35-30-20(2)18-21(3)34-31(30)37(29)19-23-14-16-24(17-15-23)26-11-8-9-13-28(26)41(39,40)36-32(38)27-12-7-6-10-25(27)22(4)33/h6-18,22H,5,19,33H2,1-4H3,(H,36,38). The largest absolute Gasteiger partial charge is 0.324 e. The molecular weight excluding hydrogens is 534 g/mol. The third-order valence-corrected chi connectivity index (χ3v) is 8.51. The first-order valence-electron chi connectivity index (χ1n) is 13.5. The van der Waals surface area contributed by atoms with Crippen molar-refractivity contribution < 1.29 is 13.2 Å². The van der Waals surface area contributed by atoms with Crippen LogP contribution in [0.1, 0.15) is 58.5 Å². The Hall–Kier alpha value is -4.34. The van der Waals surface area contributed by atoms with Gasteiger partial charge in [0.05, 0.1) is 11.4 Å². The maximum absolute atomic E-state index is 13.4. The van der Waals surface area contributed by atoms with E-state index in [2.05, 4.69) is 16.2 Å². The molecule has 5 aromatic rings. The van der Waals surface area contributed by atoms with E-state index in [-0.39, 0.29) is 10.5 Å². The summed E-state index contributed by atoms with van der Waals surface area (Å²) in [4.78, 5) is 22.6. The van der Waals surface area contributed by atoms with Gasteiger partial charge in [0, 0.05) is 29.3 Å². The summed E-state index contributed by atoms with van der Waals surface area (Å²) < 4.78 is 31.3. The number of amides is 1. The monoisotopic (exact) mass is 567 g/mol. The fraction of sp³-hybridized carbons (Fsp3) is 0.219. The predicted octanol–water partition coefficient (Wildman–Crippen LogP) is 5.46. The second kappa shape index (κ2) is 11.3. The van der Waals surface area contributed by atoms with Gasteiger partial charge in [-0.1, -0.05) is 67.6 Å². The molecule has 0 aliphatic heterocycles. The Labute approximate surface area is 240 Å². The van der Waals surface area contributed by atoms with Gasteiger partial charge >= 0.3 is 0 Å². The zero-order valence-electron chi connectivity index (χ0n) is 23.5. The molecule has 0 aliphatic carbocycles. The van der Waals surface area contributed by atoms with Gasteiger partial charge in [-0.15, -0.1) is 0 Å². The SMILES string of the molecule is CCc1nc2c(C)cc(C)nc2n1Cc1ccc(-c2ccccc2S(=O)(=O)NC(=O)c2ccccc2C(C)N)cc1. The van der Waals surface area contributed by atoms with Gasteiger partial charge in [-0.3, -0.25) is 4.79 Å². The van der Waals surface area contributed by atoms with Gasteiger partial charge < -0.3 is 10.3 Å². The molecule has 41 heavy (non-hydrogen) atoms. The molecule has 1 atom stereocenters. The molecule has 8 nitrogen and oxygen atoms in total. The van der Waals surface area contributed by atoms with Crippen LogP contribution >= 0.6 is 0 Å². The fourth-order valence-corrected chi connectivity index (χ4v) is 6.33. The second-order valence-electron chi connectivity index (χ2n) is 10.2. The molecule has 0 saturated carbocycles. The van der Waals surface area contributed by atoms with E-state index in [1.807, 2.05) is 44.2 Å². The maximum Gasteiger partial charge on any atom is 0.265 e. The smallest absolute Gasteiger partial charge is 0.265 e. The molecule has 9 heteroatoms. The fourth-order valence-electron chi connectivity index (χ4n) is 5.13. The van der Waals surface area contributed by atoms with E-state index in [4.69, 9.17) is 15.7 Å².